The Morgan fingerprint density at radius 3 is 2.55 bits per heavy atom. The molecule has 1 heterocycles. The Morgan fingerprint density at radius 2 is 1.90 bits per heavy atom. The zero-order valence-electron chi connectivity index (χ0n) is 12.1. The molecule has 1 aliphatic carbocycles. The van der Waals surface area contributed by atoms with Crippen LogP contribution in [-0.4, -0.2) is 48.1 Å². The minimum atomic E-state index is 0.0729. The highest BCUT2D eigenvalue weighted by molar-refractivity contribution is 5.74. The third-order valence-electron chi connectivity index (χ3n) is 4.36. The van der Waals surface area contributed by atoms with Crippen molar-refractivity contribution in [3.05, 3.63) is 35.4 Å². The van der Waals surface area contributed by atoms with Crippen molar-refractivity contribution >= 4 is 6.03 Å². The van der Waals surface area contributed by atoms with Crippen LogP contribution >= 0.6 is 0 Å². The highest BCUT2D eigenvalue weighted by Crippen LogP contribution is 2.27. The van der Waals surface area contributed by atoms with Gasteiger partial charge in [0.1, 0.15) is 0 Å². The Labute approximate surface area is 120 Å². The number of amides is 2. The van der Waals surface area contributed by atoms with E-state index >= 15 is 0 Å². The zero-order valence-corrected chi connectivity index (χ0v) is 12.1. The number of carbonyl (C=O) groups excluding carboxylic acids is 1. The molecular weight excluding hydrogens is 250 g/mol. The third-order valence-corrected chi connectivity index (χ3v) is 4.36. The first-order valence-corrected chi connectivity index (χ1v) is 7.55. The van der Waals surface area contributed by atoms with Crippen LogP contribution in [0.5, 0.6) is 0 Å². The van der Waals surface area contributed by atoms with Crippen molar-refractivity contribution in [2.45, 2.75) is 32.4 Å². The summed E-state index contributed by atoms with van der Waals surface area (Å²) in [4.78, 5) is 16.6. The van der Waals surface area contributed by atoms with E-state index in [9.17, 15) is 4.79 Å². The largest absolute Gasteiger partial charge is 0.334 e. The number of nitrogens with zero attached hydrogens (tertiary/aromatic N) is 2. The van der Waals surface area contributed by atoms with Gasteiger partial charge in [-0.3, -0.25) is 4.90 Å². The van der Waals surface area contributed by atoms with Crippen LogP contribution in [0.1, 0.15) is 24.0 Å². The van der Waals surface area contributed by atoms with E-state index in [2.05, 4.69) is 29.3 Å². The summed E-state index contributed by atoms with van der Waals surface area (Å²) in [7, 11) is 0. The third kappa shape index (κ3) is 3.12. The fourth-order valence-electron chi connectivity index (χ4n) is 2.82. The van der Waals surface area contributed by atoms with Crippen LogP contribution < -0.4 is 5.32 Å². The standard InChI is InChI=1S/C16H23N3O/c1-13-4-2-3-5-14(13)12-17-16(20)19-10-8-18(9-11-19)15-6-7-15/h2-5,15H,6-12H2,1H3,(H,17,20). The second kappa shape index (κ2) is 5.83. The van der Waals surface area contributed by atoms with Crippen molar-refractivity contribution in [2.24, 2.45) is 0 Å². The number of aryl methyl sites for hydroxylation is 1. The molecule has 0 aromatic heterocycles. The molecular formula is C16H23N3O. The summed E-state index contributed by atoms with van der Waals surface area (Å²) < 4.78 is 0. The van der Waals surface area contributed by atoms with E-state index in [4.69, 9.17) is 0 Å². The maximum atomic E-state index is 12.2. The van der Waals surface area contributed by atoms with Crippen LogP contribution in [-0.2, 0) is 6.54 Å². The molecule has 20 heavy (non-hydrogen) atoms. The number of benzene rings is 1. The predicted octanol–water partition coefficient (Wildman–Crippen LogP) is 1.98. The molecule has 1 N–H and O–H groups in total. The summed E-state index contributed by atoms with van der Waals surface area (Å²) in [6.45, 7) is 6.47. The molecule has 1 aromatic carbocycles. The molecule has 3 rings (SSSR count). The summed E-state index contributed by atoms with van der Waals surface area (Å²) in [5, 5.41) is 3.04. The number of hydrogen-bond donors (Lipinski definition) is 1. The van der Waals surface area contributed by atoms with Crippen LogP contribution in [0, 0.1) is 6.92 Å². The number of nitrogens with one attached hydrogen (secondary N) is 1. The Kier molecular flexibility index (Phi) is 3.92. The van der Waals surface area contributed by atoms with Crippen LogP contribution in [0.2, 0.25) is 0 Å². The van der Waals surface area contributed by atoms with E-state index in [0.717, 1.165) is 32.2 Å². The van der Waals surface area contributed by atoms with Crippen LogP contribution in [0.25, 0.3) is 0 Å². The molecule has 1 aromatic rings. The number of carbonyl (C=O) groups is 1. The Bertz CT molecular complexity index is 476. The fraction of sp³-hybridized carbons (Fsp3) is 0.562. The summed E-state index contributed by atoms with van der Waals surface area (Å²) in [6, 6.07) is 9.08. The highest BCUT2D eigenvalue weighted by atomic mass is 16.2. The van der Waals surface area contributed by atoms with Gasteiger partial charge in [-0.2, -0.15) is 0 Å². The highest BCUT2D eigenvalue weighted by Gasteiger charge is 2.32. The van der Waals surface area contributed by atoms with Crippen molar-refractivity contribution in [1.29, 1.82) is 0 Å². The molecule has 2 amide bonds. The number of piperazine rings is 1. The van der Waals surface area contributed by atoms with Gasteiger partial charge < -0.3 is 10.2 Å². The first kappa shape index (κ1) is 13.4. The van der Waals surface area contributed by atoms with E-state index in [1.807, 2.05) is 17.0 Å². The van der Waals surface area contributed by atoms with Gasteiger partial charge in [-0.25, -0.2) is 4.79 Å². The van der Waals surface area contributed by atoms with Crippen molar-refractivity contribution in [3.8, 4) is 0 Å². The molecule has 0 radical (unpaired) electrons. The van der Waals surface area contributed by atoms with E-state index in [0.29, 0.717) is 6.54 Å². The molecule has 108 valence electrons. The van der Waals surface area contributed by atoms with Gasteiger partial charge in [0.25, 0.3) is 0 Å². The van der Waals surface area contributed by atoms with E-state index in [1.165, 1.54) is 24.0 Å². The predicted molar refractivity (Wildman–Crippen MR) is 79.6 cm³/mol. The first-order chi connectivity index (χ1) is 9.74. The first-order valence-electron chi connectivity index (χ1n) is 7.55. The molecule has 1 saturated heterocycles. The molecule has 0 unspecified atom stereocenters. The van der Waals surface area contributed by atoms with Gasteiger partial charge in [-0.05, 0) is 30.9 Å². The molecule has 2 fully saturated rings. The lowest BCUT2D eigenvalue weighted by Crippen LogP contribution is -2.52. The second-order valence-corrected chi connectivity index (χ2v) is 5.84. The molecule has 4 nitrogen and oxygen atoms in total. The molecule has 0 spiro atoms. The minimum absolute atomic E-state index is 0.0729. The molecule has 1 saturated carbocycles. The van der Waals surface area contributed by atoms with Gasteiger partial charge in [-0.15, -0.1) is 0 Å². The lowest BCUT2D eigenvalue weighted by Gasteiger charge is -2.34. The molecule has 1 aliphatic heterocycles. The maximum Gasteiger partial charge on any atom is 0.317 e. The van der Waals surface area contributed by atoms with Gasteiger partial charge in [0.15, 0.2) is 0 Å². The Hall–Kier alpha value is -1.55. The van der Waals surface area contributed by atoms with Crippen molar-refractivity contribution in [3.63, 3.8) is 0 Å². The SMILES string of the molecule is Cc1ccccc1CNC(=O)N1CCN(C2CC2)CC1. The van der Waals surface area contributed by atoms with Crippen molar-refractivity contribution in [1.82, 2.24) is 15.1 Å². The number of hydrogen-bond acceptors (Lipinski definition) is 2. The minimum Gasteiger partial charge on any atom is -0.334 e. The van der Waals surface area contributed by atoms with Crippen LogP contribution in [0.15, 0.2) is 24.3 Å². The smallest absolute Gasteiger partial charge is 0.317 e. The normalized spacial score (nSPS) is 19.9. The van der Waals surface area contributed by atoms with Gasteiger partial charge in [-0.1, -0.05) is 24.3 Å². The van der Waals surface area contributed by atoms with Crippen molar-refractivity contribution in [2.75, 3.05) is 26.2 Å². The van der Waals surface area contributed by atoms with E-state index < -0.39 is 0 Å². The van der Waals surface area contributed by atoms with Gasteiger partial charge in [0.05, 0.1) is 0 Å². The summed E-state index contributed by atoms with van der Waals surface area (Å²) in [5.41, 5.74) is 2.42. The Morgan fingerprint density at radius 1 is 1.20 bits per heavy atom. The maximum absolute atomic E-state index is 12.2. The van der Waals surface area contributed by atoms with E-state index in [-0.39, 0.29) is 6.03 Å². The molecule has 0 atom stereocenters. The second-order valence-electron chi connectivity index (χ2n) is 5.84. The lowest BCUT2D eigenvalue weighted by molar-refractivity contribution is 0.134. The van der Waals surface area contributed by atoms with Crippen molar-refractivity contribution < 1.29 is 4.79 Å². The summed E-state index contributed by atoms with van der Waals surface area (Å²) in [5.74, 6) is 0. The van der Waals surface area contributed by atoms with Gasteiger partial charge >= 0.3 is 6.03 Å². The van der Waals surface area contributed by atoms with E-state index in [1.54, 1.807) is 0 Å². The monoisotopic (exact) mass is 273 g/mol. The van der Waals surface area contributed by atoms with Crippen LogP contribution in [0.4, 0.5) is 4.79 Å². The van der Waals surface area contributed by atoms with Gasteiger partial charge in [0, 0.05) is 38.8 Å². The Balaban J connectivity index is 1.46. The quantitative estimate of drug-likeness (QED) is 0.914. The topological polar surface area (TPSA) is 35.6 Å². The van der Waals surface area contributed by atoms with Crippen LogP contribution in [0.3, 0.4) is 0 Å². The van der Waals surface area contributed by atoms with Gasteiger partial charge in [0.2, 0.25) is 0 Å². The average molecular weight is 273 g/mol. The number of rotatable bonds is 3. The molecule has 0 bridgehead atoms. The molecule has 2 aliphatic rings. The molecule has 4 heteroatoms. The zero-order chi connectivity index (χ0) is 13.9. The lowest BCUT2D eigenvalue weighted by atomic mass is 10.1. The summed E-state index contributed by atoms with van der Waals surface area (Å²) >= 11 is 0. The average Bonchev–Trinajstić information content (AvgIpc) is 3.31. The number of urea groups is 1. The summed E-state index contributed by atoms with van der Waals surface area (Å²) in [6.07, 6.45) is 2.69. The fourth-order valence-corrected chi connectivity index (χ4v) is 2.82.